The fraction of sp³-hybridized carbons (Fsp3) is 0.462. The SMILES string of the molecule is O=C(O)c1ccc(CNC2CCSCC2)cc1F. The average Bonchev–Trinajstić information content (AvgIpc) is 2.37. The topological polar surface area (TPSA) is 49.3 Å². The summed E-state index contributed by atoms with van der Waals surface area (Å²) in [6.45, 7) is 0.589. The second-order valence-electron chi connectivity index (χ2n) is 4.39. The molecular formula is C13H16FNO2S. The standard InChI is InChI=1S/C13H16FNO2S/c14-12-7-9(1-2-11(12)13(16)17)8-15-10-3-5-18-6-4-10/h1-2,7,10,15H,3-6,8H2,(H,16,17). The molecule has 1 heterocycles. The average molecular weight is 269 g/mol. The van der Waals surface area contributed by atoms with E-state index in [1.54, 1.807) is 6.07 Å². The van der Waals surface area contributed by atoms with Crippen LogP contribution in [0.15, 0.2) is 18.2 Å². The molecular weight excluding hydrogens is 253 g/mol. The third kappa shape index (κ3) is 3.46. The summed E-state index contributed by atoms with van der Waals surface area (Å²) >= 11 is 1.96. The summed E-state index contributed by atoms with van der Waals surface area (Å²) in [6, 6.07) is 4.78. The second-order valence-corrected chi connectivity index (χ2v) is 5.61. The summed E-state index contributed by atoms with van der Waals surface area (Å²) in [5, 5.41) is 12.1. The second kappa shape index (κ2) is 6.20. The first kappa shape index (κ1) is 13.4. The molecule has 0 radical (unpaired) electrons. The molecule has 2 rings (SSSR count). The number of halogens is 1. The maximum atomic E-state index is 13.5. The van der Waals surface area contributed by atoms with Crippen LogP contribution in [0.25, 0.3) is 0 Å². The Balaban J connectivity index is 1.93. The van der Waals surface area contributed by atoms with E-state index in [1.807, 2.05) is 11.8 Å². The summed E-state index contributed by atoms with van der Waals surface area (Å²) < 4.78 is 13.5. The van der Waals surface area contributed by atoms with Gasteiger partial charge in [0.15, 0.2) is 0 Å². The third-order valence-electron chi connectivity index (χ3n) is 3.08. The van der Waals surface area contributed by atoms with Crippen molar-refractivity contribution in [3.05, 3.63) is 35.1 Å². The van der Waals surface area contributed by atoms with Gasteiger partial charge in [-0.25, -0.2) is 9.18 Å². The Labute approximate surface area is 110 Å². The molecule has 1 aromatic rings. The van der Waals surface area contributed by atoms with Gasteiger partial charge in [0.05, 0.1) is 5.56 Å². The van der Waals surface area contributed by atoms with E-state index in [1.165, 1.54) is 23.6 Å². The van der Waals surface area contributed by atoms with Crippen LogP contribution in [0.1, 0.15) is 28.8 Å². The molecule has 0 unspecified atom stereocenters. The van der Waals surface area contributed by atoms with Crippen LogP contribution in [0.5, 0.6) is 0 Å². The van der Waals surface area contributed by atoms with Crippen LogP contribution >= 0.6 is 11.8 Å². The molecule has 0 saturated carbocycles. The zero-order valence-electron chi connectivity index (χ0n) is 9.99. The van der Waals surface area contributed by atoms with E-state index in [0.29, 0.717) is 12.6 Å². The molecule has 0 bridgehead atoms. The first-order valence-corrected chi connectivity index (χ1v) is 7.15. The van der Waals surface area contributed by atoms with Gasteiger partial charge in [-0.05, 0) is 42.0 Å². The Morgan fingerprint density at radius 2 is 2.17 bits per heavy atom. The Morgan fingerprint density at radius 3 is 2.78 bits per heavy atom. The van der Waals surface area contributed by atoms with Crippen molar-refractivity contribution in [2.75, 3.05) is 11.5 Å². The first-order valence-electron chi connectivity index (χ1n) is 5.99. The van der Waals surface area contributed by atoms with Crippen molar-refractivity contribution in [2.24, 2.45) is 0 Å². The van der Waals surface area contributed by atoms with Gasteiger partial charge < -0.3 is 10.4 Å². The van der Waals surface area contributed by atoms with E-state index < -0.39 is 11.8 Å². The van der Waals surface area contributed by atoms with Crippen molar-refractivity contribution >= 4 is 17.7 Å². The lowest BCUT2D eigenvalue weighted by molar-refractivity contribution is 0.0692. The van der Waals surface area contributed by atoms with E-state index >= 15 is 0 Å². The predicted octanol–water partition coefficient (Wildman–Crippen LogP) is 2.51. The fourth-order valence-electron chi connectivity index (χ4n) is 2.01. The van der Waals surface area contributed by atoms with Crippen LogP contribution in [-0.2, 0) is 6.54 Å². The van der Waals surface area contributed by atoms with Crippen LogP contribution in [0.2, 0.25) is 0 Å². The van der Waals surface area contributed by atoms with Gasteiger partial charge in [0, 0.05) is 12.6 Å². The van der Waals surface area contributed by atoms with Gasteiger partial charge in [0.2, 0.25) is 0 Å². The number of carboxylic acids is 1. The molecule has 0 spiro atoms. The highest BCUT2D eigenvalue weighted by Crippen LogP contribution is 2.17. The first-order chi connectivity index (χ1) is 8.66. The number of nitrogens with one attached hydrogen (secondary N) is 1. The van der Waals surface area contributed by atoms with Crippen LogP contribution in [0.3, 0.4) is 0 Å². The maximum Gasteiger partial charge on any atom is 0.338 e. The molecule has 1 aliphatic heterocycles. The zero-order chi connectivity index (χ0) is 13.0. The van der Waals surface area contributed by atoms with Gasteiger partial charge in [-0.1, -0.05) is 6.07 Å². The summed E-state index contributed by atoms with van der Waals surface area (Å²) in [5.41, 5.74) is 0.517. The smallest absolute Gasteiger partial charge is 0.338 e. The van der Waals surface area contributed by atoms with Crippen molar-refractivity contribution in [1.29, 1.82) is 0 Å². The summed E-state index contributed by atoms with van der Waals surface area (Å²) in [4.78, 5) is 10.7. The van der Waals surface area contributed by atoms with Crippen LogP contribution in [-0.4, -0.2) is 28.6 Å². The molecule has 2 N–H and O–H groups in total. The molecule has 1 aromatic carbocycles. The fourth-order valence-corrected chi connectivity index (χ4v) is 3.11. The largest absolute Gasteiger partial charge is 0.478 e. The van der Waals surface area contributed by atoms with Crippen molar-refractivity contribution in [1.82, 2.24) is 5.32 Å². The molecule has 1 fully saturated rings. The van der Waals surface area contributed by atoms with E-state index in [9.17, 15) is 9.18 Å². The highest BCUT2D eigenvalue weighted by Gasteiger charge is 2.14. The lowest BCUT2D eigenvalue weighted by Gasteiger charge is -2.22. The van der Waals surface area contributed by atoms with E-state index in [2.05, 4.69) is 5.32 Å². The molecule has 3 nitrogen and oxygen atoms in total. The van der Waals surface area contributed by atoms with E-state index in [-0.39, 0.29) is 5.56 Å². The molecule has 5 heteroatoms. The van der Waals surface area contributed by atoms with E-state index in [0.717, 1.165) is 18.4 Å². The lowest BCUT2D eigenvalue weighted by Crippen LogP contribution is -2.32. The molecule has 1 saturated heterocycles. The number of aromatic carboxylic acids is 1. The lowest BCUT2D eigenvalue weighted by atomic mass is 10.1. The molecule has 0 aliphatic carbocycles. The van der Waals surface area contributed by atoms with Gasteiger partial charge in [0.1, 0.15) is 5.82 Å². The van der Waals surface area contributed by atoms with Gasteiger partial charge in [-0.3, -0.25) is 0 Å². The molecule has 18 heavy (non-hydrogen) atoms. The van der Waals surface area contributed by atoms with E-state index in [4.69, 9.17) is 5.11 Å². The normalized spacial score (nSPS) is 16.7. The number of hydrogen-bond donors (Lipinski definition) is 2. The van der Waals surface area contributed by atoms with Gasteiger partial charge in [-0.2, -0.15) is 11.8 Å². The number of carboxylic acid groups (broad SMARTS) is 1. The van der Waals surface area contributed by atoms with Crippen LogP contribution in [0, 0.1) is 5.82 Å². The predicted molar refractivity (Wildman–Crippen MR) is 70.5 cm³/mol. The Bertz CT molecular complexity index is 433. The Kier molecular flexibility index (Phi) is 4.60. The number of benzene rings is 1. The summed E-state index contributed by atoms with van der Waals surface area (Å²) in [5.74, 6) is 0.450. The molecule has 0 aromatic heterocycles. The highest BCUT2D eigenvalue weighted by molar-refractivity contribution is 7.99. The van der Waals surface area contributed by atoms with Crippen molar-refractivity contribution < 1.29 is 14.3 Å². The minimum absolute atomic E-state index is 0.271. The van der Waals surface area contributed by atoms with Gasteiger partial charge in [0.25, 0.3) is 0 Å². The number of hydrogen-bond acceptors (Lipinski definition) is 3. The molecule has 1 aliphatic rings. The maximum absolute atomic E-state index is 13.5. The quantitative estimate of drug-likeness (QED) is 0.882. The minimum Gasteiger partial charge on any atom is -0.478 e. The van der Waals surface area contributed by atoms with Crippen LogP contribution in [0.4, 0.5) is 4.39 Å². The Morgan fingerprint density at radius 1 is 1.44 bits per heavy atom. The van der Waals surface area contributed by atoms with Crippen LogP contribution < -0.4 is 5.32 Å². The van der Waals surface area contributed by atoms with Gasteiger partial charge >= 0.3 is 5.97 Å². The summed E-state index contributed by atoms with van der Waals surface area (Å²) in [6.07, 6.45) is 2.28. The number of thioether (sulfide) groups is 1. The van der Waals surface area contributed by atoms with Crippen molar-refractivity contribution in [3.63, 3.8) is 0 Å². The monoisotopic (exact) mass is 269 g/mol. The summed E-state index contributed by atoms with van der Waals surface area (Å²) in [7, 11) is 0. The molecule has 0 amide bonds. The molecule has 0 atom stereocenters. The van der Waals surface area contributed by atoms with Crippen molar-refractivity contribution in [2.45, 2.75) is 25.4 Å². The third-order valence-corrected chi connectivity index (χ3v) is 4.13. The molecule has 98 valence electrons. The minimum atomic E-state index is -1.23. The Hall–Kier alpha value is -1.07. The van der Waals surface area contributed by atoms with Crippen molar-refractivity contribution in [3.8, 4) is 0 Å². The zero-order valence-corrected chi connectivity index (χ0v) is 10.8. The number of carbonyl (C=O) groups is 1. The number of rotatable bonds is 4. The van der Waals surface area contributed by atoms with Gasteiger partial charge in [-0.15, -0.1) is 0 Å². The highest BCUT2D eigenvalue weighted by atomic mass is 32.2.